The summed E-state index contributed by atoms with van der Waals surface area (Å²) in [6.07, 6.45) is 5.90. The molecule has 6 heteroatoms. The van der Waals surface area contributed by atoms with Crippen LogP contribution in [0.3, 0.4) is 0 Å². The van der Waals surface area contributed by atoms with Crippen LogP contribution in [0.2, 0.25) is 0 Å². The van der Waals surface area contributed by atoms with Crippen LogP contribution < -0.4 is 11.1 Å². The van der Waals surface area contributed by atoms with Crippen molar-refractivity contribution in [1.29, 1.82) is 0 Å². The summed E-state index contributed by atoms with van der Waals surface area (Å²) in [5.74, 6) is 0.382. The van der Waals surface area contributed by atoms with Gasteiger partial charge < -0.3 is 15.5 Å². The SMILES string of the molecule is Nc1ccc2oc(SCC(=O)NC3CCCCC3)nc2c1. The van der Waals surface area contributed by atoms with Crippen molar-refractivity contribution in [3.8, 4) is 0 Å². The third kappa shape index (κ3) is 3.69. The molecule has 0 aliphatic heterocycles. The van der Waals surface area contributed by atoms with E-state index in [1.54, 1.807) is 18.2 Å². The zero-order valence-corrected chi connectivity index (χ0v) is 12.6. The third-order valence-electron chi connectivity index (χ3n) is 3.69. The van der Waals surface area contributed by atoms with Crippen LogP contribution >= 0.6 is 11.8 Å². The number of carbonyl (C=O) groups excluding carboxylic acids is 1. The van der Waals surface area contributed by atoms with E-state index < -0.39 is 0 Å². The number of aromatic nitrogens is 1. The number of nitrogens with two attached hydrogens (primary N) is 1. The lowest BCUT2D eigenvalue weighted by atomic mass is 9.95. The van der Waals surface area contributed by atoms with E-state index in [4.69, 9.17) is 10.2 Å². The highest BCUT2D eigenvalue weighted by Crippen LogP contribution is 2.25. The van der Waals surface area contributed by atoms with Gasteiger partial charge in [0, 0.05) is 11.7 Å². The highest BCUT2D eigenvalue weighted by Gasteiger charge is 2.16. The second-order valence-corrected chi connectivity index (χ2v) is 6.32. The summed E-state index contributed by atoms with van der Waals surface area (Å²) in [6, 6.07) is 5.68. The molecule has 21 heavy (non-hydrogen) atoms. The van der Waals surface area contributed by atoms with Crippen molar-refractivity contribution in [2.45, 2.75) is 43.4 Å². The lowest BCUT2D eigenvalue weighted by Gasteiger charge is -2.22. The topological polar surface area (TPSA) is 81.1 Å². The monoisotopic (exact) mass is 305 g/mol. The average Bonchev–Trinajstić information content (AvgIpc) is 2.88. The largest absolute Gasteiger partial charge is 0.431 e. The number of fused-ring (bicyclic) bond motifs is 1. The second-order valence-electron chi connectivity index (χ2n) is 5.40. The molecule has 1 amide bonds. The van der Waals surface area contributed by atoms with Crippen molar-refractivity contribution >= 4 is 34.5 Å². The molecule has 3 rings (SSSR count). The number of thioether (sulfide) groups is 1. The fourth-order valence-corrected chi connectivity index (χ4v) is 3.28. The van der Waals surface area contributed by atoms with Crippen LogP contribution in [-0.4, -0.2) is 22.7 Å². The molecule has 1 aromatic carbocycles. The number of hydrogen-bond acceptors (Lipinski definition) is 5. The van der Waals surface area contributed by atoms with E-state index in [2.05, 4.69) is 10.3 Å². The Bertz CT molecular complexity index is 635. The predicted octanol–water partition coefficient (Wildman–Crippen LogP) is 2.95. The molecule has 3 N–H and O–H groups in total. The van der Waals surface area contributed by atoms with Crippen LogP contribution in [0.4, 0.5) is 5.69 Å². The van der Waals surface area contributed by atoms with E-state index >= 15 is 0 Å². The van der Waals surface area contributed by atoms with Crippen molar-refractivity contribution in [1.82, 2.24) is 10.3 Å². The summed E-state index contributed by atoms with van der Waals surface area (Å²) in [5, 5.41) is 3.59. The number of nitrogen functional groups attached to an aromatic ring is 1. The quantitative estimate of drug-likeness (QED) is 0.670. The number of rotatable bonds is 4. The van der Waals surface area contributed by atoms with E-state index in [9.17, 15) is 4.79 Å². The Hall–Kier alpha value is -1.69. The van der Waals surface area contributed by atoms with Crippen LogP contribution in [0.25, 0.3) is 11.1 Å². The lowest BCUT2D eigenvalue weighted by Crippen LogP contribution is -2.37. The van der Waals surface area contributed by atoms with Gasteiger partial charge in [0.25, 0.3) is 5.22 Å². The van der Waals surface area contributed by atoms with Crippen LogP contribution in [0.1, 0.15) is 32.1 Å². The predicted molar refractivity (Wildman–Crippen MR) is 84.2 cm³/mol. The molecule has 1 saturated carbocycles. The first-order valence-electron chi connectivity index (χ1n) is 7.29. The Kier molecular flexibility index (Phi) is 4.34. The molecule has 0 radical (unpaired) electrons. The second kappa shape index (κ2) is 6.39. The van der Waals surface area contributed by atoms with E-state index in [0.717, 1.165) is 18.4 Å². The molecule has 1 aliphatic rings. The summed E-state index contributed by atoms with van der Waals surface area (Å²) in [7, 11) is 0. The van der Waals surface area contributed by atoms with Crippen molar-refractivity contribution in [2.24, 2.45) is 0 Å². The van der Waals surface area contributed by atoms with Gasteiger partial charge in [0.2, 0.25) is 5.91 Å². The number of nitrogens with one attached hydrogen (secondary N) is 1. The van der Waals surface area contributed by atoms with Gasteiger partial charge in [-0.15, -0.1) is 0 Å². The number of hydrogen-bond donors (Lipinski definition) is 2. The summed E-state index contributed by atoms with van der Waals surface area (Å²) < 4.78 is 5.58. The van der Waals surface area contributed by atoms with E-state index in [0.29, 0.717) is 28.3 Å². The van der Waals surface area contributed by atoms with E-state index in [1.165, 1.54) is 31.0 Å². The van der Waals surface area contributed by atoms with Gasteiger partial charge in [0.05, 0.1) is 5.75 Å². The number of carbonyl (C=O) groups is 1. The highest BCUT2D eigenvalue weighted by molar-refractivity contribution is 7.99. The molecule has 0 bridgehead atoms. The molecule has 1 fully saturated rings. The molecule has 0 unspecified atom stereocenters. The first-order valence-corrected chi connectivity index (χ1v) is 8.27. The van der Waals surface area contributed by atoms with Crippen molar-refractivity contribution in [3.63, 3.8) is 0 Å². The van der Waals surface area contributed by atoms with Crippen LogP contribution in [0.5, 0.6) is 0 Å². The Morgan fingerprint density at radius 2 is 2.19 bits per heavy atom. The van der Waals surface area contributed by atoms with E-state index in [-0.39, 0.29) is 5.91 Å². The lowest BCUT2D eigenvalue weighted by molar-refractivity contribution is -0.119. The number of nitrogens with zero attached hydrogens (tertiary/aromatic N) is 1. The Morgan fingerprint density at radius 3 is 3.00 bits per heavy atom. The fourth-order valence-electron chi connectivity index (χ4n) is 2.63. The number of oxazole rings is 1. The van der Waals surface area contributed by atoms with Crippen LogP contribution in [-0.2, 0) is 4.79 Å². The first-order chi connectivity index (χ1) is 10.2. The van der Waals surface area contributed by atoms with Gasteiger partial charge in [-0.25, -0.2) is 4.98 Å². The van der Waals surface area contributed by atoms with Crippen LogP contribution in [0.15, 0.2) is 27.8 Å². The molecule has 1 heterocycles. The fraction of sp³-hybridized carbons (Fsp3) is 0.467. The van der Waals surface area contributed by atoms with Gasteiger partial charge in [-0.05, 0) is 31.0 Å². The molecule has 1 aromatic heterocycles. The van der Waals surface area contributed by atoms with Crippen molar-refractivity contribution in [2.75, 3.05) is 11.5 Å². The minimum absolute atomic E-state index is 0.0497. The standard InChI is InChI=1S/C15H19N3O2S/c16-10-6-7-13-12(8-10)18-15(20-13)21-9-14(19)17-11-4-2-1-3-5-11/h6-8,11H,1-5,9,16H2,(H,17,19). The highest BCUT2D eigenvalue weighted by atomic mass is 32.2. The Labute approximate surface area is 127 Å². The van der Waals surface area contributed by atoms with Crippen molar-refractivity contribution < 1.29 is 9.21 Å². The zero-order valence-electron chi connectivity index (χ0n) is 11.8. The number of amides is 1. The zero-order chi connectivity index (χ0) is 14.7. The number of anilines is 1. The van der Waals surface area contributed by atoms with Crippen molar-refractivity contribution in [3.05, 3.63) is 18.2 Å². The molecule has 1 aliphatic carbocycles. The molecular formula is C15H19N3O2S. The minimum Gasteiger partial charge on any atom is -0.431 e. The molecule has 0 saturated heterocycles. The molecule has 2 aromatic rings. The third-order valence-corrected chi connectivity index (χ3v) is 4.52. The molecule has 112 valence electrons. The maximum atomic E-state index is 11.9. The van der Waals surface area contributed by atoms with Gasteiger partial charge in [-0.1, -0.05) is 31.0 Å². The average molecular weight is 305 g/mol. The summed E-state index contributed by atoms with van der Waals surface area (Å²) in [6.45, 7) is 0. The van der Waals surface area contributed by atoms with E-state index in [1.807, 2.05) is 0 Å². The van der Waals surface area contributed by atoms with Gasteiger partial charge in [-0.3, -0.25) is 4.79 Å². The minimum atomic E-state index is 0.0497. The van der Waals surface area contributed by atoms with Gasteiger partial charge in [-0.2, -0.15) is 0 Å². The molecule has 0 atom stereocenters. The smallest absolute Gasteiger partial charge is 0.257 e. The van der Waals surface area contributed by atoms with Crippen LogP contribution in [0, 0.1) is 0 Å². The molecule has 0 spiro atoms. The van der Waals surface area contributed by atoms with Gasteiger partial charge in [0.15, 0.2) is 5.58 Å². The molecular weight excluding hydrogens is 286 g/mol. The normalized spacial score (nSPS) is 16.2. The summed E-state index contributed by atoms with van der Waals surface area (Å²) >= 11 is 1.32. The van der Waals surface area contributed by atoms with Gasteiger partial charge >= 0.3 is 0 Å². The Morgan fingerprint density at radius 1 is 1.38 bits per heavy atom. The molecule has 5 nitrogen and oxygen atoms in total. The maximum absolute atomic E-state index is 11.9. The number of benzene rings is 1. The maximum Gasteiger partial charge on any atom is 0.257 e. The Balaban J connectivity index is 1.54. The summed E-state index contributed by atoms with van der Waals surface area (Å²) in [5.41, 5.74) is 7.78. The first kappa shape index (κ1) is 14.3. The van der Waals surface area contributed by atoms with Gasteiger partial charge in [0.1, 0.15) is 5.52 Å². The summed E-state index contributed by atoms with van der Waals surface area (Å²) in [4.78, 5) is 16.3.